The molecule has 0 aliphatic carbocycles. The van der Waals surface area contributed by atoms with Gasteiger partial charge in [-0.3, -0.25) is 14.9 Å². The minimum Gasteiger partial charge on any atom is -0.502 e. The van der Waals surface area contributed by atoms with Gasteiger partial charge in [-0.1, -0.05) is 0 Å². The minimum atomic E-state index is -1.79. The molecule has 0 bridgehead atoms. The van der Waals surface area contributed by atoms with Gasteiger partial charge >= 0.3 is 5.69 Å². The number of carbonyl (C=O) groups excluding carboxylic acids is 1. The summed E-state index contributed by atoms with van der Waals surface area (Å²) in [7, 11) is 0. The molecule has 0 heterocycles. The lowest BCUT2D eigenvalue weighted by molar-refractivity contribution is -0.388. The van der Waals surface area contributed by atoms with E-state index < -0.39 is 39.3 Å². The number of aromatic hydroxyl groups is 1. The van der Waals surface area contributed by atoms with Crippen LogP contribution < -0.4 is 0 Å². The van der Waals surface area contributed by atoms with Gasteiger partial charge in [0.2, 0.25) is 11.6 Å². The first-order chi connectivity index (χ1) is 6.86. The zero-order valence-electron chi connectivity index (χ0n) is 7.45. The Morgan fingerprint density at radius 3 is 2.47 bits per heavy atom. The first-order valence-electron chi connectivity index (χ1n) is 3.72. The van der Waals surface area contributed by atoms with Crippen LogP contribution in [0.4, 0.5) is 14.5 Å². The number of phenolic OH excluding ortho intramolecular Hbond substituents is 1. The number of nitro groups is 1. The summed E-state index contributed by atoms with van der Waals surface area (Å²) in [6, 6.07) is 0.417. The second-order valence-electron chi connectivity index (χ2n) is 2.73. The third kappa shape index (κ3) is 1.76. The van der Waals surface area contributed by atoms with Gasteiger partial charge < -0.3 is 5.11 Å². The number of benzene rings is 1. The van der Waals surface area contributed by atoms with Crippen LogP contribution in [0.1, 0.15) is 17.3 Å². The van der Waals surface area contributed by atoms with E-state index in [0.717, 1.165) is 6.92 Å². The third-order valence-electron chi connectivity index (χ3n) is 1.73. The van der Waals surface area contributed by atoms with Crippen molar-refractivity contribution in [1.82, 2.24) is 0 Å². The van der Waals surface area contributed by atoms with E-state index in [9.17, 15) is 23.7 Å². The number of rotatable bonds is 2. The van der Waals surface area contributed by atoms with Gasteiger partial charge in [-0.25, -0.2) is 4.39 Å². The molecule has 0 spiro atoms. The number of nitrogens with zero attached hydrogens (tertiary/aromatic N) is 1. The van der Waals surface area contributed by atoms with Crippen molar-refractivity contribution in [3.8, 4) is 5.75 Å². The number of ketones is 1. The van der Waals surface area contributed by atoms with Gasteiger partial charge in [0.1, 0.15) is 0 Å². The van der Waals surface area contributed by atoms with Gasteiger partial charge in [0.25, 0.3) is 0 Å². The molecule has 7 heteroatoms. The molecule has 80 valence electrons. The second-order valence-corrected chi connectivity index (χ2v) is 2.73. The fourth-order valence-corrected chi connectivity index (χ4v) is 1.04. The number of Topliss-reactive ketones (excluding diaryl/α,β-unsaturated/α-hetero) is 1. The lowest BCUT2D eigenvalue weighted by Crippen LogP contribution is -2.02. The summed E-state index contributed by atoms with van der Waals surface area (Å²) >= 11 is 0. The number of hydrogen-bond donors (Lipinski definition) is 1. The van der Waals surface area contributed by atoms with Crippen molar-refractivity contribution in [2.75, 3.05) is 0 Å². The smallest absolute Gasteiger partial charge is 0.349 e. The van der Waals surface area contributed by atoms with Gasteiger partial charge in [-0.05, 0) is 13.0 Å². The van der Waals surface area contributed by atoms with Crippen molar-refractivity contribution in [3.05, 3.63) is 33.4 Å². The third-order valence-corrected chi connectivity index (χ3v) is 1.73. The maximum Gasteiger partial charge on any atom is 0.349 e. The molecule has 0 saturated heterocycles. The Labute approximate surface area is 82.1 Å². The van der Waals surface area contributed by atoms with Gasteiger partial charge in [0.15, 0.2) is 11.6 Å². The van der Waals surface area contributed by atoms with Crippen molar-refractivity contribution < 1.29 is 23.6 Å². The second kappa shape index (κ2) is 3.60. The number of phenols is 1. The predicted octanol–water partition coefficient (Wildman–Crippen LogP) is 1.78. The molecule has 0 aromatic heterocycles. The lowest BCUT2D eigenvalue weighted by atomic mass is 10.1. The molecular formula is C8H5F2NO4. The standard InChI is InChI=1S/C8H5F2NO4/c1-3(12)4-2-5(9)6(10)7(8(4)13)11(14)15/h2,13H,1H3. The van der Waals surface area contributed by atoms with Crippen molar-refractivity contribution in [2.24, 2.45) is 0 Å². The van der Waals surface area contributed by atoms with Crippen LogP contribution in [0.25, 0.3) is 0 Å². The number of halogens is 2. The fourth-order valence-electron chi connectivity index (χ4n) is 1.04. The number of carbonyl (C=O) groups is 1. The Balaban J connectivity index is 3.63. The molecule has 0 unspecified atom stereocenters. The summed E-state index contributed by atoms with van der Waals surface area (Å²) in [4.78, 5) is 19.8. The average molecular weight is 217 g/mol. The van der Waals surface area contributed by atoms with Gasteiger partial charge in [0, 0.05) is 0 Å². The van der Waals surface area contributed by atoms with Crippen LogP contribution in [0.5, 0.6) is 5.75 Å². The average Bonchev–Trinajstić information content (AvgIpc) is 2.10. The van der Waals surface area contributed by atoms with E-state index in [1.54, 1.807) is 0 Å². The van der Waals surface area contributed by atoms with Gasteiger partial charge in [-0.2, -0.15) is 4.39 Å². The predicted molar refractivity (Wildman–Crippen MR) is 44.7 cm³/mol. The van der Waals surface area contributed by atoms with Crippen molar-refractivity contribution in [3.63, 3.8) is 0 Å². The molecule has 1 aromatic rings. The Hall–Kier alpha value is -2.05. The molecule has 0 aliphatic rings. The summed E-state index contributed by atoms with van der Waals surface area (Å²) in [5, 5.41) is 19.5. The van der Waals surface area contributed by atoms with Crippen LogP contribution in [0.3, 0.4) is 0 Å². The highest BCUT2D eigenvalue weighted by molar-refractivity contribution is 5.98. The van der Waals surface area contributed by atoms with Gasteiger partial charge in [-0.15, -0.1) is 0 Å². The topological polar surface area (TPSA) is 80.4 Å². The molecule has 0 saturated carbocycles. The quantitative estimate of drug-likeness (QED) is 0.465. The van der Waals surface area contributed by atoms with E-state index in [0.29, 0.717) is 6.07 Å². The van der Waals surface area contributed by atoms with Crippen molar-refractivity contribution in [1.29, 1.82) is 0 Å². The zero-order valence-corrected chi connectivity index (χ0v) is 7.45. The van der Waals surface area contributed by atoms with E-state index in [1.165, 1.54) is 0 Å². The summed E-state index contributed by atoms with van der Waals surface area (Å²) in [5.41, 5.74) is -2.05. The minimum absolute atomic E-state index is 0.417. The Bertz CT molecular complexity index is 458. The van der Waals surface area contributed by atoms with Crippen molar-refractivity contribution >= 4 is 11.5 Å². The number of hydrogen-bond acceptors (Lipinski definition) is 4. The molecule has 5 nitrogen and oxygen atoms in total. The largest absolute Gasteiger partial charge is 0.502 e. The van der Waals surface area contributed by atoms with Crippen LogP contribution in [0.2, 0.25) is 0 Å². The molecule has 0 fully saturated rings. The molecule has 1 N–H and O–H groups in total. The molecule has 0 atom stereocenters. The highest BCUT2D eigenvalue weighted by Gasteiger charge is 2.28. The summed E-state index contributed by atoms with van der Waals surface area (Å²) in [6.07, 6.45) is 0. The Kier molecular flexibility index (Phi) is 2.65. The van der Waals surface area contributed by atoms with E-state index >= 15 is 0 Å². The van der Waals surface area contributed by atoms with E-state index in [4.69, 9.17) is 5.11 Å². The maximum absolute atomic E-state index is 12.9. The van der Waals surface area contributed by atoms with Crippen LogP contribution >= 0.6 is 0 Å². The van der Waals surface area contributed by atoms with Gasteiger partial charge in [0.05, 0.1) is 10.5 Å². The Morgan fingerprint density at radius 1 is 1.53 bits per heavy atom. The highest BCUT2D eigenvalue weighted by Crippen LogP contribution is 2.34. The summed E-state index contributed by atoms with van der Waals surface area (Å²) < 4.78 is 25.7. The molecular weight excluding hydrogens is 212 g/mol. The van der Waals surface area contributed by atoms with E-state index in [2.05, 4.69) is 0 Å². The first-order valence-corrected chi connectivity index (χ1v) is 3.72. The van der Waals surface area contributed by atoms with Crippen LogP contribution in [0, 0.1) is 21.7 Å². The monoisotopic (exact) mass is 217 g/mol. The molecule has 1 rings (SSSR count). The molecule has 0 radical (unpaired) electrons. The first kappa shape index (κ1) is 11.0. The van der Waals surface area contributed by atoms with Crippen LogP contribution in [-0.4, -0.2) is 15.8 Å². The fraction of sp³-hybridized carbons (Fsp3) is 0.125. The lowest BCUT2D eigenvalue weighted by Gasteiger charge is -2.03. The number of nitro benzene ring substituents is 1. The molecule has 1 aromatic carbocycles. The Morgan fingerprint density at radius 2 is 2.07 bits per heavy atom. The van der Waals surface area contributed by atoms with Crippen LogP contribution in [-0.2, 0) is 0 Å². The summed E-state index contributed by atoms with van der Waals surface area (Å²) in [6.45, 7) is 0.968. The molecule has 0 aliphatic heterocycles. The zero-order chi connectivity index (χ0) is 11.7. The molecule has 0 amide bonds. The SMILES string of the molecule is CC(=O)c1cc(F)c(F)c([N+](=O)[O-])c1O. The van der Waals surface area contributed by atoms with E-state index in [-0.39, 0.29) is 0 Å². The molecule has 15 heavy (non-hydrogen) atoms. The van der Waals surface area contributed by atoms with E-state index in [1.807, 2.05) is 0 Å². The normalized spacial score (nSPS) is 10.1. The van der Waals surface area contributed by atoms with Crippen molar-refractivity contribution in [2.45, 2.75) is 6.92 Å². The maximum atomic E-state index is 12.9. The highest BCUT2D eigenvalue weighted by atomic mass is 19.2. The van der Waals surface area contributed by atoms with Crippen LogP contribution in [0.15, 0.2) is 6.07 Å². The summed E-state index contributed by atoms with van der Waals surface area (Å²) in [5.74, 6) is -5.30.